The summed E-state index contributed by atoms with van der Waals surface area (Å²) in [5.41, 5.74) is 5.62. The molecule has 36 heavy (non-hydrogen) atoms. The van der Waals surface area contributed by atoms with Crippen molar-refractivity contribution >= 4 is 0 Å². The number of hydrogen-bond donors (Lipinski definition) is 2. The van der Waals surface area contributed by atoms with Gasteiger partial charge < -0.3 is 19.6 Å². The lowest BCUT2D eigenvalue weighted by molar-refractivity contribution is 0.316. The van der Waals surface area contributed by atoms with Gasteiger partial charge >= 0.3 is 0 Å². The second-order valence-corrected chi connectivity index (χ2v) is 11.6. The van der Waals surface area contributed by atoms with Crippen LogP contribution in [0.1, 0.15) is 89.8 Å². The van der Waals surface area contributed by atoms with Crippen LogP contribution in [0.25, 0.3) is 11.5 Å². The molecule has 5 nitrogen and oxygen atoms in total. The van der Waals surface area contributed by atoms with Gasteiger partial charge in [0, 0.05) is 35.2 Å². The van der Waals surface area contributed by atoms with Gasteiger partial charge in [0.15, 0.2) is 0 Å². The van der Waals surface area contributed by atoms with Crippen LogP contribution in [0.15, 0.2) is 41.0 Å². The van der Waals surface area contributed by atoms with Crippen LogP contribution in [0.3, 0.4) is 0 Å². The molecule has 5 heteroatoms. The number of phenols is 1. The number of benzene rings is 2. The van der Waals surface area contributed by atoms with E-state index in [-0.39, 0.29) is 10.8 Å². The molecule has 0 bridgehead atoms. The van der Waals surface area contributed by atoms with Gasteiger partial charge in [-0.25, -0.2) is 4.98 Å². The average molecular weight is 493 g/mol. The second-order valence-electron chi connectivity index (χ2n) is 11.6. The fraction of sp³-hybridized carbons (Fsp3) is 0.516. The van der Waals surface area contributed by atoms with Crippen LogP contribution in [-0.4, -0.2) is 23.2 Å². The van der Waals surface area contributed by atoms with Crippen molar-refractivity contribution in [2.24, 2.45) is 0 Å². The third-order valence-electron chi connectivity index (χ3n) is 6.42. The largest absolute Gasteiger partial charge is 0.507 e. The molecule has 0 saturated carbocycles. The molecule has 0 atom stereocenters. The normalized spacial score (nSPS) is 12.2. The Balaban J connectivity index is 1.77. The molecule has 2 N–H and O–H groups in total. The highest BCUT2D eigenvalue weighted by Gasteiger charge is 2.27. The molecule has 0 fully saturated rings. The SMILES string of the molecule is CCCNCc1cc(CC)ccc1OCCc1coc(-c2cc(C(C)(C)C)c(O)c(C(C)(C)C)c2)n1. The van der Waals surface area contributed by atoms with E-state index in [1.165, 1.54) is 11.1 Å². The maximum absolute atomic E-state index is 11.0. The Morgan fingerprint density at radius 1 is 0.972 bits per heavy atom. The highest BCUT2D eigenvalue weighted by Crippen LogP contribution is 2.41. The highest BCUT2D eigenvalue weighted by atomic mass is 16.5. The minimum absolute atomic E-state index is 0.208. The quantitative estimate of drug-likeness (QED) is 0.290. The van der Waals surface area contributed by atoms with Gasteiger partial charge in [-0.15, -0.1) is 0 Å². The molecule has 2 aromatic carbocycles. The number of nitrogens with one attached hydrogen (secondary N) is 1. The molecular formula is C31H44N2O3. The summed E-state index contributed by atoms with van der Waals surface area (Å²) in [6.07, 6.45) is 4.47. The Bertz CT molecular complexity index is 1110. The van der Waals surface area contributed by atoms with Crippen molar-refractivity contribution in [2.75, 3.05) is 13.2 Å². The summed E-state index contributed by atoms with van der Waals surface area (Å²) >= 11 is 0. The van der Waals surface area contributed by atoms with Crippen LogP contribution < -0.4 is 10.1 Å². The summed E-state index contributed by atoms with van der Waals surface area (Å²) in [6.45, 7) is 19.3. The van der Waals surface area contributed by atoms with Gasteiger partial charge in [0.05, 0.1) is 12.3 Å². The minimum Gasteiger partial charge on any atom is -0.507 e. The number of nitrogens with zero attached hydrogens (tertiary/aromatic N) is 1. The molecule has 1 heterocycles. The smallest absolute Gasteiger partial charge is 0.226 e. The maximum atomic E-state index is 11.0. The zero-order valence-electron chi connectivity index (χ0n) is 23.4. The van der Waals surface area contributed by atoms with Crippen molar-refractivity contribution in [1.29, 1.82) is 0 Å². The van der Waals surface area contributed by atoms with Crippen LogP contribution in [0.2, 0.25) is 0 Å². The molecule has 0 amide bonds. The lowest BCUT2D eigenvalue weighted by Crippen LogP contribution is -2.17. The van der Waals surface area contributed by atoms with Crippen molar-refractivity contribution in [3.8, 4) is 23.0 Å². The first-order valence-electron chi connectivity index (χ1n) is 13.2. The van der Waals surface area contributed by atoms with E-state index in [4.69, 9.17) is 14.1 Å². The lowest BCUT2D eigenvalue weighted by atomic mass is 9.78. The van der Waals surface area contributed by atoms with Crippen molar-refractivity contribution in [2.45, 2.75) is 92.0 Å². The predicted octanol–water partition coefficient (Wildman–Crippen LogP) is 7.33. The molecule has 1 aromatic heterocycles. The van der Waals surface area contributed by atoms with E-state index >= 15 is 0 Å². The average Bonchev–Trinajstić information content (AvgIpc) is 3.27. The van der Waals surface area contributed by atoms with Gasteiger partial charge in [-0.3, -0.25) is 0 Å². The zero-order chi connectivity index (χ0) is 26.5. The number of aryl methyl sites for hydroxylation is 1. The van der Waals surface area contributed by atoms with E-state index < -0.39 is 0 Å². The summed E-state index contributed by atoms with van der Waals surface area (Å²) in [7, 11) is 0. The second kappa shape index (κ2) is 11.5. The summed E-state index contributed by atoms with van der Waals surface area (Å²) in [4.78, 5) is 4.76. The Morgan fingerprint density at radius 2 is 1.64 bits per heavy atom. The Labute approximate surface area is 217 Å². The highest BCUT2D eigenvalue weighted by molar-refractivity contribution is 5.63. The van der Waals surface area contributed by atoms with Crippen LogP contribution in [-0.2, 0) is 30.2 Å². The fourth-order valence-electron chi connectivity index (χ4n) is 4.25. The van der Waals surface area contributed by atoms with E-state index in [0.717, 1.165) is 54.1 Å². The number of aromatic hydroxyl groups is 1. The first-order chi connectivity index (χ1) is 16.9. The number of hydrogen-bond acceptors (Lipinski definition) is 5. The van der Waals surface area contributed by atoms with Gasteiger partial charge in [0.2, 0.25) is 5.89 Å². The molecule has 3 aromatic rings. The summed E-state index contributed by atoms with van der Waals surface area (Å²) in [5.74, 6) is 1.85. The first-order valence-corrected chi connectivity index (χ1v) is 13.2. The Hall–Kier alpha value is -2.79. The maximum Gasteiger partial charge on any atom is 0.226 e. The number of ether oxygens (including phenoxy) is 1. The first kappa shape index (κ1) is 27.8. The molecule has 3 rings (SSSR count). The topological polar surface area (TPSA) is 67.5 Å². The van der Waals surface area contributed by atoms with Crippen molar-refractivity contribution in [3.05, 3.63) is 64.5 Å². The number of oxazole rings is 1. The molecular weight excluding hydrogens is 448 g/mol. The molecule has 0 radical (unpaired) electrons. The Kier molecular flexibility index (Phi) is 8.89. The van der Waals surface area contributed by atoms with Gasteiger partial charge in [-0.05, 0) is 54.0 Å². The van der Waals surface area contributed by atoms with Crippen molar-refractivity contribution < 1.29 is 14.3 Å². The van der Waals surface area contributed by atoms with Crippen molar-refractivity contribution in [3.63, 3.8) is 0 Å². The molecule has 0 aliphatic carbocycles. The zero-order valence-corrected chi connectivity index (χ0v) is 23.4. The predicted molar refractivity (Wildman–Crippen MR) is 148 cm³/mol. The molecule has 0 unspecified atom stereocenters. The number of aromatic nitrogens is 1. The third kappa shape index (κ3) is 6.91. The molecule has 0 aliphatic rings. The summed E-state index contributed by atoms with van der Waals surface area (Å²) < 4.78 is 12.1. The van der Waals surface area contributed by atoms with Crippen LogP contribution >= 0.6 is 0 Å². The van der Waals surface area contributed by atoms with E-state index in [2.05, 4.69) is 78.9 Å². The monoisotopic (exact) mass is 492 g/mol. The van der Waals surface area contributed by atoms with Gasteiger partial charge in [0.1, 0.15) is 17.8 Å². The fourth-order valence-corrected chi connectivity index (χ4v) is 4.25. The van der Waals surface area contributed by atoms with E-state index in [1.807, 2.05) is 12.1 Å². The number of phenolic OH excluding ortho intramolecular Hbond substituents is 1. The standard InChI is InChI=1S/C31H44N2O3/c1-9-14-32-19-23-16-21(10-2)11-12-27(23)35-15-13-24-20-36-29(33-24)22-17-25(30(3,4)5)28(34)26(18-22)31(6,7)8/h11-12,16-18,20,32,34H,9-10,13-15,19H2,1-8H3. The van der Waals surface area contributed by atoms with Gasteiger partial charge in [0.25, 0.3) is 0 Å². The van der Waals surface area contributed by atoms with E-state index in [9.17, 15) is 5.11 Å². The minimum atomic E-state index is -0.208. The van der Waals surface area contributed by atoms with Gasteiger partial charge in [-0.2, -0.15) is 0 Å². The van der Waals surface area contributed by atoms with Crippen LogP contribution in [0.4, 0.5) is 0 Å². The molecule has 196 valence electrons. The van der Waals surface area contributed by atoms with Crippen molar-refractivity contribution in [1.82, 2.24) is 10.3 Å². The molecule has 0 aliphatic heterocycles. The number of rotatable bonds is 10. The van der Waals surface area contributed by atoms with E-state index in [0.29, 0.717) is 24.7 Å². The summed E-state index contributed by atoms with van der Waals surface area (Å²) in [5, 5.41) is 14.5. The van der Waals surface area contributed by atoms with Gasteiger partial charge in [-0.1, -0.05) is 67.5 Å². The Morgan fingerprint density at radius 3 is 2.22 bits per heavy atom. The molecule has 0 saturated heterocycles. The van der Waals surface area contributed by atoms with Crippen LogP contribution in [0.5, 0.6) is 11.5 Å². The summed E-state index contributed by atoms with van der Waals surface area (Å²) in [6, 6.07) is 10.4. The third-order valence-corrected chi connectivity index (χ3v) is 6.42. The van der Waals surface area contributed by atoms with E-state index in [1.54, 1.807) is 6.26 Å². The molecule has 0 spiro atoms. The van der Waals surface area contributed by atoms with Crippen LogP contribution in [0, 0.1) is 0 Å². The lowest BCUT2D eigenvalue weighted by Gasteiger charge is -2.27.